The van der Waals surface area contributed by atoms with Gasteiger partial charge in [0.25, 0.3) is 0 Å². The van der Waals surface area contributed by atoms with Crippen LogP contribution in [0.3, 0.4) is 0 Å². The number of halogens is 2. The molecular formula is C16H23Cl2N. The smallest absolute Gasteiger partial charge is 0.0439 e. The fraction of sp³-hybridized carbons (Fsp3) is 0.625. The minimum absolute atomic E-state index is 0.392. The molecule has 0 spiro atoms. The van der Waals surface area contributed by atoms with Gasteiger partial charge in [-0.2, -0.15) is 0 Å². The van der Waals surface area contributed by atoms with Gasteiger partial charge in [-0.25, -0.2) is 0 Å². The Balaban J connectivity index is 1.99. The Labute approximate surface area is 126 Å². The third-order valence-corrected chi connectivity index (χ3v) is 4.64. The first-order chi connectivity index (χ1) is 9.01. The van der Waals surface area contributed by atoms with Crippen LogP contribution in [0.15, 0.2) is 18.2 Å². The van der Waals surface area contributed by atoms with Crippen LogP contribution >= 0.6 is 23.2 Å². The fourth-order valence-electron chi connectivity index (χ4n) is 2.80. The number of benzene rings is 1. The van der Waals surface area contributed by atoms with Gasteiger partial charge < -0.3 is 5.32 Å². The Kier molecular flexibility index (Phi) is 5.16. The molecule has 106 valence electrons. The van der Waals surface area contributed by atoms with E-state index >= 15 is 0 Å². The van der Waals surface area contributed by atoms with Crippen molar-refractivity contribution in [2.24, 2.45) is 11.3 Å². The molecule has 0 unspecified atom stereocenters. The van der Waals surface area contributed by atoms with Crippen molar-refractivity contribution in [2.45, 2.75) is 39.5 Å². The van der Waals surface area contributed by atoms with Crippen molar-refractivity contribution in [3.8, 4) is 0 Å². The lowest BCUT2D eigenvalue weighted by Gasteiger charge is -2.43. The van der Waals surface area contributed by atoms with Gasteiger partial charge in [0.05, 0.1) is 0 Å². The van der Waals surface area contributed by atoms with Gasteiger partial charge in [0.15, 0.2) is 0 Å². The van der Waals surface area contributed by atoms with Crippen molar-refractivity contribution < 1.29 is 0 Å². The average Bonchev–Trinajstić information content (AvgIpc) is 2.30. The summed E-state index contributed by atoms with van der Waals surface area (Å²) in [6, 6.07) is 5.79. The summed E-state index contributed by atoms with van der Waals surface area (Å²) in [7, 11) is 0. The Morgan fingerprint density at radius 2 is 2.00 bits per heavy atom. The predicted octanol–water partition coefficient (Wildman–Crippen LogP) is 4.95. The first-order valence-electron chi connectivity index (χ1n) is 7.15. The third-order valence-electron chi connectivity index (χ3n) is 4.04. The summed E-state index contributed by atoms with van der Waals surface area (Å²) in [5, 5.41) is 5.23. The summed E-state index contributed by atoms with van der Waals surface area (Å²) in [6.07, 6.45) is 4.96. The number of hydrogen-bond acceptors (Lipinski definition) is 1. The Morgan fingerprint density at radius 1 is 1.26 bits per heavy atom. The van der Waals surface area contributed by atoms with Gasteiger partial charge >= 0.3 is 0 Å². The van der Waals surface area contributed by atoms with Gasteiger partial charge in [-0.3, -0.25) is 0 Å². The lowest BCUT2D eigenvalue weighted by molar-refractivity contribution is 0.129. The van der Waals surface area contributed by atoms with E-state index in [4.69, 9.17) is 23.2 Å². The zero-order valence-corrected chi connectivity index (χ0v) is 13.3. The number of nitrogens with one attached hydrogen (secondary N) is 1. The molecule has 19 heavy (non-hydrogen) atoms. The second kappa shape index (κ2) is 6.47. The molecule has 1 nitrogen and oxygen atoms in total. The van der Waals surface area contributed by atoms with Crippen LogP contribution in [0.4, 0.5) is 0 Å². The topological polar surface area (TPSA) is 12.0 Å². The van der Waals surface area contributed by atoms with Crippen LogP contribution in [0, 0.1) is 11.3 Å². The molecule has 0 amide bonds. The first-order valence-corrected chi connectivity index (χ1v) is 7.91. The lowest BCUT2D eigenvalue weighted by Crippen LogP contribution is -2.42. The van der Waals surface area contributed by atoms with E-state index in [0.717, 1.165) is 29.6 Å². The second-order valence-electron chi connectivity index (χ2n) is 6.29. The number of rotatable bonds is 6. The summed E-state index contributed by atoms with van der Waals surface area (Å²) in [5.74, 6) is 0.701. The van der Waals surface area contributed by atoms with Crippen LogP contribution in [0.25, 0.3) is 0 Å². The standard InChI is InChI=1S/C16H23Cl2N/c1-12(2)10-19-11-16(6-3-7-16)9-13-8-14(17)4-5-15(13)18/h4-5,8,12,19H,3,6-7,9-11H2,1-2H3. The van der Waals surface area contributed by atoms with Crippen LogP contribution in [0.2, 0.25) is 10.0 Å². The van der Waals surface area contributed by atoms with Crippen molar-refractivity contribution in [1.82, 2.24) is 5.32 Å². The maximum absolute atomic E-state index is 6.29. The highest BCUT2D eigenvalue weighted by atomic mass is 35.5. The summed E-state index contributed by atoms with van der Waals surface area (Å²) < 4.78 is 0. The molecule has 0 aromatic heterocycles. The molecule has 0 bridgehead atoms. The zero-order chi connectivity index (χ0) is 13.9. The van der Waals surface area contributed by atoms with E-state index in [9.17, 15) is 0 Å². The van der Waals surface area contributed by atoms with Crippen molar-refractivity contribution in [1.29, 1.82) is 0 Å². The monoisotopic (exact) mass is 299 g/mol. The summed E-state index contributed by atoms with van der Waals surface area (Å²) >= 11 is 12.4. The molecule has 1 N–H and O–H groups in total. The zero-order valence-electron chi connectivity index (χ0n) is 11.8. The first kappa shape index (κ1) is 15.2. The van der Waals surface area contributed by atoms with Crippen LogP contribution in [0.1, 0.15) is 38.7 Å². The fourth-order valence-corrected chi connectivity index (χ4v) is 3.18. The van der Waals surface area contributed by atoms with Crippen molar-refractivity contribution in [2.75, 3.05) is 13.1 Å². The van der Waals surface area contributed by atoms with E-state index in [-0.39, 0.29) is 0 Å². The van der Waals surface area contributed by atoms with Gasteiger partial charge in [-0.05, 0) is 60.9 Å². The Bertz CT molecular complexity index is 425. The molecule has 1 aliphatic carbocycles. The minimum atomic E-state index is 0.392. The molecular weight excluding hydrogens is 277 g/mol. The van der Waals surface area contributed by atoms with E-state index in [2.05, 4.69) is 19.2 Å². The molecule has 0 saturated heterocycles. The molecule has 0 aliphatic heterocycles. The molecule has 0 radical (unpaired) electrons. The van der Waals surface area contributed by atoms with E-state index in [0.29, 0.717) is 11.3 Å². The maximum Gasteiger partial charge on any atom is 0.0439 e. The average molecular weight is 300 g/mol. The quantitative estimate of drug-likeness (QED) is 0.783. The molecule has 1 fully saturated rings. The van der Waals surface area contributed by atoms with Gasteiger partial charge in [0, 0.05) is 16.6 Å². The number of hydrogen-bond donors (Lipinski definition) is 1. The Morgan fingerprint density at radius 3 is 2.58 bits per heavy atom. The highest BCUT2D eigenvalue weighted by Gasteiger charge is 2.37. The minimum Gasteiger partial charge on any atom is -0.316 e. The molecule has 1 saturated carbocycles. The highest BCUT2D eigenvalue weighted by molar-refractivity contribution is 6.33. The highest BCUT2D eigenvalue weighted by Crippen LogP contribution is 2.44. The van der Waals surface area contributed by atoms with E-state index < -0.39 is 0 Å². The molecule has 3 heteroatoms. The molecule has 2 rings (SSSR count). The second-order valence-corrected chi connectivity index (χ2v) is 7.13. The Hall–Kier alpha value is -0.240. The van der Waals surface area contributed by atoms with E-state index in [1.165, 1.54) is 24.8 Å². The summed E-state index contributed by atoms with van der Waals surface area (Å²) in [5.41, 5.74) is 1.59. The molecule has 1 aliphatic rings. The van der Waals surface area contributed by atoms with Crippen molar-refractivity contribution >= 4 is 23.2 Å². The molecule has 0 atom stereocenters. The summed E-state index contributed by atoms with van der Waals surface area (Å²) in [4.78, 5) is 0. The van der Waals surface area contributed by atoms with Gasteiger partial charge in [0.1, 0.15) is 0 Å². The predicted molar refractivity (Wildman–Crippen MR) is 84.2 cm³/mol. The maximum atomic E-state index is 6.29. The lowest BCUT2D eigenvalue weighted by atomic mass is 9.65. The third kappa shape index (κ3) is 4.11. The largest absolute Gasteiger partial charge is 0.316 e. The molecule has 1 aromatic carbocycles. The van der Waals surface area contributed by atoms with Gasteiger partial charge in [-0.15, -0.1) is 0 Å². The van der Waals surface area contributed by atoms with E-state index in [1.54, 1.807) is 0 Å². The van der Waals surface area contributed by atoms with Crippen LogP contribution < -0.4 is 5.32 Å². The van der Waals surface area contributed by atoms with Crippen molar-refractivity contribution in [3.63, 3.8) is 0 Å². The van der Waals surface area contributed by atoms with Crippen LogP contribution in [-0.2, 0) is 6.42 Å². The van der Waals surface area contributed by atoms with Gasteiger partial charge in [-0.1, -0.05) is 43.5 Å². The van der Waals surface area contributed by atoms with Crippen LogP contribution in [-0.4, -0.2) is 13.1 Å². The SMILES string of the molecule is CC(C)CNCC1(Cc2cc(Cl)ccc2Cl)CCC1. The molecule has 0 heterocycles. The molecule has 1 aromatic rings. The van der Waals surface area contributed by atoms with Crippen LogP contribution in [0.5, 0.6) is 0 Å². The van der Waals surface area contributed by atoms with E-state index in [1.807, 2.05) is 18.2 Å². The summed E-state index contributed by atoms with van der Waals surface area (Å²) in [6.45, 7) is 6.67. The normalized spacial score (nSPS) is 17.5. The van der Waals surface area contributed by atoms with Gasteiger partial charge in [0.2, 0.25) is 0 Å². The van der Waals surface area contributed by atoms with Crippen molar-refractivity contribution in [3.05, 3.63) is 33.8 Å².